The first-order valence-electron chi connectivity index (χ1n) is 10.0. The van der Waals surface area contributed by atoms with E-state index in [1.165, 1.54) is 16.2 Å². The van der Waals surface area contributed by atoms with Crippen molar-refractivity contribution in [3.05, 3.63) is 57.8 Å². The Morgan fingerprint density at radius 3 is 2.90 bits per heavy atom. The fourth-order valence-electron chi connectivity index (χ4n) is 4.27. The van der Waals surface area contributed by atoms with E-state index in [-0.39, 0.29) is 12.5 Å². The number of hydrogen-bond donors (Lipinski definition) is 2. The minimum absolute atomic E-state index is 0.346. The molecule has 0 radical (unpaired) electrons. The summed E-state index contributed by atoms with van der Waals surface area (Å²) in [6.07, 6.45) is 2.20. The van der Waals surface area contributed by atoms with E-state index in [2.05, 4.69) is 15.6 Å². The molecule has 7 nitrogen and oxygen atoms in total. The molecule has 1 spiro atoms. The van der Waals surface area contributed by atoms with Crippen LogP contribution in [-0.4, -0.2) is 34.3 Å². The Morgan fingerprint density at radius 2 is 2.10 bits per heavy atom. The fraction of sp³-hybridized carbons (Fsp3) is 0.273. The summed E-state index contributed by atoms with van der Waals surface area (Å²) in [7, 11) is 0. The molecule has 3 aromatic rings. The summed E-state index contributed by atoms with van der Waals surface area (Å²) in [4.78, 5) is 46.2. The fourth-order valence-corrected chi connectivity index (χ4v) is 5.90. The van der Waals surface area contributed by atoms with Crippen LogP contribution in [-0.2, 0) is 21.5 Å². The number of amides is 4. The Hall–Kier alpha value is -3.04. The van der Waals surface area contributed by atoms with Gasteiger partial charge in [0, 0.05) is 10.3 Å². The van der Waals surface area contributed by atoms with Crippen molar-refractivity contribution in [1.29, 1.82) is 0 Å². The lowest BCUT2D eigenvalue weighted by molar-refractivity contribution is -0.134. The van der Waals surface area contributed by atoms with Crippen LogP contribution in [0.1, 0.15) is 28.8 Å². The number of fused-ring (bicyclic) bond motifs is 2. The number of nitrogens with one attached hydrogen (secondary N) is 2. The van der Waals surface area contributed by atoms with Crippen LogP contribution < -0.4 is 10.6 Å². The topological polar surface area (TPSA) is 91.4 Å². The van der Waals surface area contributed by atoms with Crippen molar-refractivity contribution in [3.8, 4) is 10.6 Å². The first kappa shape index (κ1) is 19.9. The number of thiazole rings is 1. The first-order chi connectivity index (χ1) is 15.0. The SMILES string of the molecule is Cc1ccc(-c2csc(NC(=O)CN3C(=O)NC4(CCCc5ccccc54)C3=O)n2)s1. The largest absolute Gasteiger partial charge is 0.325 e. The average molecular weight is 453 g/mol. The van der Waals surface area contributed by atoms with Gasteiger partial charge in [-0.1, -0.05) is 24.3 Å². The predicted octanol–water partition coefficient (Wildman–Crippen LogP) is 3.90. The van der Waals surface area contributed by atoms with E-state index in [4.69, 9.17) is 0 Å². The Morgan fingerprint density at radius 1 is 1.26 bits per heavy atom. The number of benzene rings is 1. The van der Waals surface area contributed by atoms with Gasteiger partial charge in [0.25, 0.3) is 5.91 Å². The standard InChI is InChI=1S/C22H20N4O3S2/c1-13-8-9-17(31-13)16-12-30-20(23-16)24-18(27)11-26-19(28)22(25-21(26)29)10-4-6-14-5-2-3-7-15(14)22/h2-3,5,7-9,12H,4,6,10-11H2,1H3,(H,25,29)(H,23,24,27). The molecule has 1 unspecified atom stereocenters. The van der Waals surface area contributed by atoms with Crippen molar-refractivity contribution in [1.82, 2.24) is 15.2 Å². The van der Waals surface area contributed by atoms with Crippen LogP contribution in [0.5, 0.6) is 0 Å². The minimum Gasteiger partial charge on any atom is -0.319 e. The summed E-state index contributed by atoms with van der Waals surface area (Å²) < 4.78 is 0. The second-order valence-corrected chi connectivity index (χ2v) is 9.88. The molecule has 1 fully saturated rings. The summed E-state index contributed by atoms with van der Waals surface area (Å²) in [6.45, 7) is 1.68. The molecule has 4 amide bonds. The summed E-state index contributed by atoms with van der Waals surface area (Å²) in [5.41, 5.74) is 1.62. The molecule has 1 aliphatic carbocycles. The molecule has 2 N–H and O–H groups in total. The molecule has 1 aromatic carbocycles. The minimum atomic E-state index is -1.07. The first-order valence-corrected chi connectivity index (χ1v) is 11.7. The van der Waals surface area contributed by atoms with Crippen LogP contribution in [0.4, 0.5) is 9.93 Å². The lowest BCUT2D eigenvalue weighted by atomic mass is 9.76. The summed E-state index contributed by atoms with van der Waals surface area (Å²) >= 11 is 2.95. The summed E-state index contributed by atoms with van der Waals surface area (Å²) in [6, 6.07) is 11.2. The Kier molecular flexibility index (Phi) is 4.86. The van der Waals surface area contributed by atoms with Crippen molar-refractivity contribution in [2.75, 3.05) is 11.9 Å². The number of aryl methyl sites for hydroxylation is 2. The van der Waals surface area contributed by atoms with Gasteiger partial charge in [0.1, 0.15) is 12.1 Å². The maximum atomic E-state index is 13.3. The number of nitrogens with zero attached hydrogens (tertiary/aromatic N) is 2. The molecule has 1 aliphatic heterocycles. The number of urea groups is 1. The highest BCUT2D eigenvalue weighted by molar-refractivity contribution is 7.17. The van der Waals surface area contributed by atoms with Gasteiger partial charge in [-0.05, 0) is 49.4 Å². The highest BCUT2D eigenvalue weighted by atomic mass is 32.1. The molecule has 0 bridgehead atoms. The van der Waals surface area contributed by atoms with Crippen LogP contribution in [0.25, 0.3) is 10.6 Å². The van der Waals surface area contributed by atoms with Gasteiger partial charge in [0.15, 0.2) is 5.13 Å². The van der Waals surface area contributed by atoms with Gasteiger partial charge >= 0.3 is 6.03 Å². The van der Waals surface area contributed by atoms with Gasteiger partial charge in [-0.15, -0.1) is 22.7 Å². The lowest BCUT2D eigenvalue weighted by Gasteiger charge is -2.33. The van der Waals surface area contributed by atoms with Gasteiger partial charge in [-0.3, -0.25) is 14.5 Å². The van der Waals surface area contributed by atoms with Crippen LogP contribution in [0, 0.1) is 6.92 Å². The van der Waals surface area contributed by atoms with Crippen molar-refractivity contribution < 1.29 is 14.4 Å². The third-order valence-corrected chi connectivity index (χ3v) is 7.48. The molecule has 2 aliphatic rings. The van der Waals surface area contributed by atoms with Crippen molar-refractivity contribution in [3.63, 3.8) is 0 Å². The molecule has 1 saturated heterocycles. The molecule has 31 heavy (non-hydrogen) atoms. The monoisotopic (exact) mass is 452 g/mol. The van der Waals surface area contributed by atoms with E-state index in [1.807, 2.05) is 48.7 Å². The normalized spacial score (nSPS) is 20.1. The second-order valence-electron chi connectivity index (χ2n) is 7.73. The number of aromatic nitrogens is 1. The van der Waals surface area contributed by atoms with Crippen molar-refractivity contribution in [2.45, 2.75) is 31.7 Å². The Balaban J connectivity index is 1.31. The van der Waals surface area contributed by atoms with Crippen LogP contribution in [0.3, 0.4) is 0 Å². The van der Waals surface area contributed by atoms with Crippen molar-refractivity contribution >= 4 is 45.7 Å². The zero-order valence-corrected chi connectivity index (χ0v) is 18.4. The Labute approximate surface area is 187 Å². The lowest BCUT2D eigenvalue weighted by Crippen LogP contribution is -2.47. The highest BCUT2D eigenvalue weighted by Gasteiger charge is 2.54. The van der Waals surface area contributed by atoms with E-state index in [0.717, 1.165) is 39.4 Å². The third kappa shape index (κ3) is 3.43. The van der Waals surface area contributed by atoms with E-state index < -0.39 is 17.5 Å². The third-order valence-electron chi connectivity index (χ3n) is 5.70. The predicted molar refractivity (Wildman–Crippen MR) is 120 cm³/mol. The summed E-state index contributed by atoms with van der Waals surface area (Å²) in [5.74, 6) is -0.818. The maximum Gasteiger partial charge on any atom is 0.325 e. The van der Waals surface area contributed by atoms with Gasteiger partial charge in [0.2, 0.25) is 5.91 Å². The van der Waals surface area contributed by atoms with Crippen molar-refractivity contribution in [2.24, 2.45) is 0 Å². The number of carbonyl (C=O) groups excluding carboxylic acids is 3. The molecule has 3 heterocycles. The number of carbonyl (C=O) groups is 3. The smallest absolute Gasteiger partial charge is 0.319 e. The number of thiophene rings is 1. The molecule has 0 saturated carbocycles. The quantitative estimate of drug-likeness (QED) is 0.588. The highest BCUT2D eigenvalue weighted by Crippen LogP contribution is 2.40. The van der Waals surface area contributed by atoms with Gasteiger partial charge in [0.05, 0.1) is 10.6 Å². The number of imide groups is 1. The number of anilines is 1. The van der Waals surface area contributed by atoms with Gasteiger partial charge in [-0.2, -0.15) is 0 Å². The Bertz CT molecular complexity index is 1200. The molecule has 2 aromatic heterocycles. The van der Waals surface area contributed by atoms with E-state index >= 15 is 0 Å². The van der Waals surface area contributed by atoms with Crippen LogP contribution in [0.2, 0.25) is 0 Å². The maximum absolute atomic E-state index is 13.3. The van der Waals surface area contributed by atoms with Gasteiger partial charge < -0.3 is 10.6 Å². The molecule has 9 heteroatoms. The molecule has 158 valence electrons. The number of rotatable bonds is 4. The summed E-state index contributed by atoms with van der Waals surface area (Å²) in [5, 5.41) is 7.90. The molecular weight excluding hydrogens is 432 g/mol. The van der Waals surface area contributed by atoms with Crippen LogP contribution >= 0.6 is 22.7 Å². The second kappa shape index (κ2) is 7.58. The zero-order chi connectivity index (χ0) is 21.6. The van der Waals surface area contributed by atoms with Gasteiger partial charge in [-0.25, -0.2) is 9.78 Å². The average Bonchev–Trinajstić information content (AvgIpc) is 3.45. The van der Waals surface area contributed by atoms with Crippen LogP contribution in [0.15, 0.2) is 41.8 Å². The number of hydrogen-bond acceptors (Lipinski definition) is 6. The van der Waals surface area contributed by atoms with E-state index in [0.29, 0.717) is 11.6 Å². The van der Waals surface area contributed by atoms with E-state index in [9.17, 15) is 14.4 Å². The van der Waals surface area contributed by atoms with E-state index in [1.54, 1.807) is 11.3 Å². The molecule has 5 rings (SSSR count). The zero-order valence-electron chi connectivity index (χ0n) is 16.8. The molecular formula is C22H20N4O3S2. The molecule has 1 atom stereocenters.